The predicted molar refractivity (Wildman–Crippen MR) is 41.5 cm³/mol. The lowest BCUT2D eigenvalue weighted by Gasteiger charge is -2.29. The molecule has 1 aromatic rings. The fourth-order valence-electron chi connectivity index (χ4n) is 1.30. The summed E-state index contributed by atoms with van der Waals surface area (Å²) in [6.07, 6.45) is 4.52. The molecule has 1 aromatic heterocycles. The molecular formula is C8H10N3-. The first kappa shape index (κ1) is 6.73. The van der Waals surface area contributed by atoms with E-state index in [4.69, 9.17) is 0 Å². The van der Waals surface area contributed by atoms with Crippen LogP contribution in [0.5, 0.6) is 0 Å². The average Bonchev–Trinajstić information content (AvgIpc) is 2.04. The highest BCUT2D eigenvalue weighted by molar-refractivity contribution is 5.18. The highest BCUT2D eigenvalue weighted by Gasteiger charge is 2.09. The second kappa shape index (κ2) is 2.58. The summed E-state index contributed by atoms with van der Waals surface area (Å²) in [7, 11) is 3.87. The Kier molecular flexibility index (Phi) is 1.58. The van der Waals surface area contributed by atoms with Crippen molar-refractivity contribution in [2.24, 2.45) is 0 Å². The molecule has 0 bridgehead atoms. The SMILES string of the molecule is [CH2-]N1CCc2cncnc2C1. The van der Waals surface area contributed by atoms with E-state index in [2.05, 4.69) is 17.0 Å². The van der Waals surface area contributed by atoms with Gasteiger partial charge in [-0.05, 0) is 18.5 Å². The number of hydrogen-bond acceptors (Lipinski definition) is 3. The van der Waals surface area contributed by atoms with Crippen molar-refractivity contribution in [3.05, 3.63) is 30.8 Å². The van der Waals surface area contributed by atoms with Crippen LogP contribution in [-0.4, -0.2) is 21.4 Å². The number of nitrogens with zero attached hydrogens (tertiary/aromatic N) is 3. The molecular weight excluding hydrogens is 138 g/mol. The first-order chi connectivity index (χ1) is 5.36. The molecule has 3 heteroatoms. The molecule has 0 fully saturated rings. The zero-order chi connectivity index (χ0) is 7.68. The molecule has 0 amide bonds. The van der Waals surface area contributed by atoms with E-state index in [0.29, 0.717) is 0 Å². The first-order valence-corrected chi connectivity index (χ1v) is 3.69. The average molecular weight is 148 g/mol. The van der Waals surface area contributed by atoms with Crippen LogP contribution in [0.2, 0.25) is 0 Å². The third-order valence-corrected chi connectivity index (χ3v) is 1.95. The topological polar surface area (TPSA) is 29.0 Å². The number of aromatic nitrogens is 2. The van der Waals surface area contributed by atoms with Gasteiger partial charge in [0, 0.05) is 12.7 Å². The van der Waals surface area contributed by atoms with E-state index in [0.717, 1.165) is 25.2 Å². The summed E-state index contributed by atoms with van der Waals surface area (Å²) < 4.78 is 0. The molecule has 3 nitrogen and oxygen atoms in total. The molecule has 0 saturated carbocycles. The summed E-state index contributed by atoms with van der Waals surface area (Å²) in [5, 5.41) is 0. The maximum Gasteiger partial charge on any atom is 0.115 e. The lowest BCUT2D eigenvalue weighted by atomic mass is 10.1. The van der Waals surface area contributed by atoms with Gasteiger partial charge in [-0.2, -0.15) is 0 Å². The quantitative estimate of drug-likeness (QED) is 0.505. The molecule has 0 atom stereocenters. The highest BCUT2D eigenvalue weighted by atomic mass is 15.1. The molecule has 0 N–H and O–H groups in total. The third-order valence-electron chi connectivity index (χ3n) is 1.95. The van der Waals surface area contributed by atoms with Gasteiger partial charge in [-0.15, -0.1) is 0 Å². The molecule has 0 unspecified atom stereocenters. The Morgan fingerprint density at radius 2 is 2.45 bits per heavy atom. The number of fused-ring (bicyclic) bond motifs is 1. The minimum atomic E-state index is 0.859. The van der Waals surface area contributed by atoms with E-state index in [1.807, 2.05) is 11.1 Å². The van der Waals surface area contributed by atoms with Crippen molar-refractivity contribution in [2.75, 3.05) is 6.54 Å². The summed E-state index contributed by atoms with van der Waals surface area (Å²) in [6.45, 7) is 1.87. The van der Waals surface area contributed by atoms with Crippen molar-refractivity contribution in [1.29, 1.82) is 0 Å². The van der Waals surface area contributed by atoms with Gasteiger partial charge >= 0.3 is 0 Å². The van der Waals surface area contributed by atoms with Crippen molar-refractivity contribution in [2.45, 2.75) is 13.0 Å². The summed E-state index contributed by atoms with van der Waals surface area (Å²) >= 11 is 0. The van der Waals surface area contributed by atoms with Gasteiger partial charge in [-0.1, -0.05) is 0 Å². The van der Waals surface area contributed by atoms with Gasteiger partial charge in [0.05, 0.1) is 5.69 Å². The van der Waals surface area contributed by atoms with Crippen molar-refractivity contribution < 1.29 is 0 Å². The van der Waals surface area contributed by atoms with Gasteiger partial charge in [-0.25, -0.2) is 9.97 Å². The van der Waals surface area contributed by atoms with Crippen LogP contribution in [0.3, 0.4) is 0 Å². The highest BCUT2D eigenvalue weighted by Crippen LogP contribution is 2.13. The number of rotatable bonds is 0. The minimum Gasteiger partial charge on any atom is -0.454 e. The Morgan fingerprint density at radius 3 is 3.36 bits per heavy atom. The van der Waals surface area contributed by atoms with Crippen LogP contribution in [0.25, 0.3) is 0 Å². The van der Waals surface area contributed by atoms with E-state index >= 15 is 0 Å². The van der Waals surface area contributed by atoms with Gasteiger partial charge in [0.15, 0.2) is 0 Å². The Labute approximate surface area is 66.1 Å². The molecule has 2 rings (SSSR count). The second-order valence-electron chi connectivity index (χ2n) is 2.80. The third kappa shape index (κ3) is 1.24. The normalized spacial score (nSPS) is 17.9. The van der Waals surface area contributed by atoms with E-state index in [-0.39, 0.29) is 0 Å². The van der Waals surface area contributed by atoms with Crippen LogP contribution in [0.4, 0.5) is 0 Å². The number of hydrogen-bond donors (Lipinski definition) is 0. The molecule has 58 valence electrons. The van der Waals surface area contributed by atoms with Gasteiger partial charge in [-0.3, -0.25) is 7.05 Å². The molecule has 1 aliphatic rings. The first-order valence-electron chi connectivity index (χ1n) is 3.69. The van der Waals surface area contributed by atoms with E-state index in [9.17, 15) is 0 Å². The maximum atomic E-state index is 4.18. The van der Waals surface area contributed by atoms with Gasteiger partial charge in [0.1, 0.15) is 6.33 Å². The van der Waals surface area contributed by atoms with Crippen molar-refractivity contribution in [1.82, 2.24) is 14.9 Å². The van der Waals surface area contributed by atoms with E-state index < -0.39 is 0 Å². The van der Waals surface area contributed by atoms with Crippen molar-refractivity contribution >= 4 is 0 Å². The standard InChI is InChI=1S/C8H10N3/c1-11-3-2-7-4-9-6-10-8(7)5-11/h4,6H,1-3,5H2/q-1. The molecule has 0 radical (unpaired) electrons. The molecule has 0 saturated heterocycles. The Balaban J connectivity index is 2.34. The Morgan fingerprint density at radius 1 is 1.55 bits per heavy atom. The molecule has 11 heavy (non-hydrogen) atoms. The molecule has 0 aliphatic carbocycles. The monoisotopic (exact) mass is 148 g/mol. The van der Waals surface area contributed by atoms with Crippen LogP contribution in [0, 0.1) is 7.05 Å². The lowest BCUT2D eigenvalue weighted by molar-refractivity contribution is 0.340. The lowest BCUT2D eigenvalue weighted by Crippen LogP contribution is -2.25. The fourth-order valence-corrected chi connectivity index (χ4v) is 1.30. The van der Waals surface area contributed by atoms with E-state index in [1.54, 1.807) is 6.33 Å². The summed E-state index contributed by atoms with van der Waals surface area (Å²) in [5.41, 5.74) is 2.40. The molecule has 2 heterocycles. The molecule has 0 aromatic carbocycles. The Hall–Kier alpha value is -0.960. The van der Waals surface area contributed by atoms with Crippen LogP contribution >= 0.6 is 0 Å². The summed E-state index contributed by atoms with van der Waals surface area (Å²) in [6, 6.07) is 0. The molecule has 0 spiro atoms. The van der Waals surface area contributed by atoms with Gasteiger partial charge in [0.2, 0.25) is 0 Å². The maximum absolute atomic E-state index is 4.18. The molecule has 1 aliphatic heterocycles. The summed E-state index contributed by atoms with van der Waals surface area (Å²) in [4.78, 5) is 10.2. The van der Waals surface area contributed by atoms with Crippen LogP contribution in [-0.2, 0) is 13.0 Å². The smallest absolute Gasteiger partial charge is 0.115 e. The largest absolute Gasteiger partial charge is 0.454 e. The zero-order valence-corrected chi connectivity index (χ0v) is 6.32. The van der Waals surface area contributed by atoms with E-state index in [1.165, 1.54) is 5.56 Å². The van der Waals surface area contributed by atoms with Crippen molar-refractivity contribution in [3.63, 3.8) is 0 Å². The van der Waals surface area contributed by atoms with Crippen LogP contribution in [0.15, 0.2) is 12.5 Å². The van der Waals surface area contributed by atoms with Crippen LogP contribution < -0.4 is 0 Å². The van der Waals surface area contributed by atoms with Gasteiger partial charge < -0.3 is 4.90 Å². The second-order valence-corrected chi connectivity index (χ2v) is 2.80. The predicted octanol–water partition coefficient (Wildman–Crippen LogP) is 0.626. The minimum absolute atomic E-state index is 0.859. The van der Waals surface area contributed by atoms with Crippen LogP contribution in [0.1, 0.15) is 11.3 Å². The zero-order valence-electron chi connectivity index (χ0n) is 6.32. The Bertz CT molecular complexity index is 259. The summed E-state index contributed by atoms with van der Waals surface area (Å²) in [5.74, 6) is 0. The fraction of sp³-hybridized carbons (Fsp3) is 0.375. The van der Waals surface area contributed by atoms with Gasteiger partial charge in [0.25, 0.3) is 0 Å². The van der Waals surface area contributed by atoms with Crippen molar-refractivity contribution in [3.8, 4) is 0 Å².